The van der Waals surface area contributed by atoms with Gasteiger partial charge < -0.3 is 9.84 Å². The summed E-state index contributed by atoms with van der Waals surface area (Å²) in [5, 5.41) is 9.28. The predicted molar refractivity (Wildman–Crippen MR) is 83.9 cm³/mol. The molecule has 0 heterocycles. The number of benzene rings is 2. The molecule has 0 aliphatic heterocycles. The Morgan fingerprint density at radius 1 is 1.04 bits per heavy atom. The van der Waals surface area contributed by atoms with Gasteiger partial charge in [0.25, 0.3) is 0 Å². The number of carbonyl (C=O) groups excluding carboxylic acids is 1. The van der Waals surface area contributed by atoms with E-state index in [1.807, 2.05) is 6.07 Å². The van der Waals surface area contributed by atoms with Crippen LogP contribution in [-0.2, 0) is 26.2 Å². The third kappa shape index (κ3) is 4.88. The Labute approximate surface area is 134 Å². The van der Waals surface area contributed by atoms with Crippen molar-refractivity contribution in [2.24, 2.45) is 0 Å². The molecule has 0 radical (unpaired) electrons. The molecule has 2 aromatic rings. The lowest BCUT2D eigenvalue weighted by molar-refractivity contribution is -0.148. The van der Waals surface area contributed by atoms with E-state index in [0.29, 0.717) is 0 Å². The Kier molecular flexibility index (Phi) is 5.86. The maximum Gasteiger partial charge on any atom is 0.326 e. The monoisotopic (exact) mass is 335 g/mol. The highest BCUT2D eigenvalue weighted by atomic mass is 32.2. The fourth-order valence-electron chi connectivity index (χ4n) is 1.84. The first kappa shape index (κ1) is 17.1. The molecule has 0 aliphatic rings. The Morgan fingerprint density at radius 2 is 1.61 bits per heavy atom. The first-order chi connectivity index (χ1) is 11.0. The van der Waals surface area contributed by atoms with Gasteiger partial charge >= 0.3 is 5.97 Å². The molecule has 1 atom stereocenters. The van der Waals surface area contributed by atoms with Gasteiger partial charge in [-0.3, -0.25) is 4.79 Å². The molecular weight excluding hydrogens is 318 g/mol. The molecule has 23 heavy (non-hydrogen) atoms. The van der Waals surface area contributed by atoms with E-state index < -0.39 is 28.6 Å². The van der Waals surface area contributed by atoms with Gasteiger partial charge in [0.05, 0.1) is 11.5 Å². The van der Waals surface area contributed by atoms with Crippen LogP contribution in [0.25, 0.3) is 0 Å². The zero-order valence-electron chi connectivity index (χ0n) is 12.3. The van der Waals surface area contributed by atoms with Gasteiger partial charge in [0.1, 0.15) is 12.6 Å². The van der Waals surface area contributed by atoms with Crippen molar-refractivity contribution in [1.29, 1.82) is 0 Å². The topological polar surface area (TPSA) is 92.7 Å². The summed E-state index contributed by atoms with van der Waals surface area (Å²) in [6, 6.07) is 15.2. The minimum Gasteiger partial charge on any atom is -0.460 e. The first-order valence-electron chi connectivity index (χ1n) is 6.92. The molecule has 0 fully saturated rings. The van der Waals surface area contributed by atoms with Crippen LogP contribution < -0.4 is 4.72 Å². The van der Waals surface area contributed by atoms with Crippen LogP contribution in [0.5, 0.6) is 0 Å². The highest BCUT2D eigenvalue weighted by Crippen LogP contribution is 2.09. The van der Waals surface area contributed by atoms with Crippen molar-refractivity contribution in [3.63, 3.8) is 0 Å². The van der Waals surface area contributed by atoms with Crippen LogP contribution in [0.4, 0.5) is 0 Å². The Morgan fingerprint density at radius 3 is 2.17 bits per heavy atom. The van der Waals surface area contributed by atoms with Gasteiger partial charge in [0.15, 0.2) is 0 Å². The van der Waals surface area contributed by atoms with Gasteiger partial charge in [-0.2, -0.15) is 4.72 Å². The second-order valence-corrected chi connectivity index (χ2v) is 6.48. The van der Waals surface area contributed by atoms with Crippen LogP contribution in [0, 0.1) is 0 Å². The van der Waals surface area contributed by atoms with Gasteiger partial charge in [-0.25, -0.2) is 8.42 Å². The molecule has 0 aromatic heterocycles. The van der Waals surface area contributed by atoms with Gasteiger partial charge in [-0.1, -0.05) is 48.5 Å². The van der Waals surface area contributed by atoms with Crippen LogP contribution >= 0.6 is 0 Å². The maximum atomic E-state index is 12.2. The fourth-order valence-corrected chi connectivity index (χ4v) is 3.04. The maximum absolute atomic E-state index is 12.2. The average Bonchev–Trinajstić information content (AvgIpc) is 2.59. The second kappa shape index (κ2) is 7.87. The lowest BCUT2D eigenvalue weighted by atomic mass is 10.2. The molecule has 0 aliphatic carbocycles. The predicted octanol–water partition coefficient (Wildman–Crippen LogP) is 1.07. The van der Waals surface area contributed by atoms with Crippen molar-refractivity contribution in [1.82, 2.24) is 4.72 Å². The number of aliphatic hydroxyl groups is 1. The zero-order chi connectivity index (χ0) is 16.7. The number of hydrogen-bond donors (Lipinski definition) is 2. The van der Waals surface area contributed by atoms with Crippen molar-refractivity contribution in [3.8, 4) is 0 Å². The SMILES string of the molecule is O=C(OCc1ccccc1)[C@H](CO)NS(=O)(=O)c1ccccc1. The minimum absolute atomic E-state index is 0.00321. The highest BCUT2D eigenvalue weighted by Gasteiger charge is 2.26. The molecule has 0 spiro atoms. The largest absolute Gasteiger partial charge is 0.460 e. The van der Waals surface area contributed by atoms with Crippen molar-refractivity contribution in [2.75, 3.05) is 6.61 Å². The highest BCUT2D eigenvalue weighted by molar-refractivity contribution is 7.89. The van der Waals surface area contributed by atoms with Gasteiger partial charge in [-0.15, -0.1) is 0 Å². The van der Waals surface area contributed by atoms with Crippen LogP contribution in [0.1, 0.15) is 5.56 Å². The van der Waals surface area contributed by atoms with Gasteiger partial charge in [0, 0.05) is 0 Å². The molecular formula is C16H17NO5S. The molecule has 2 aromatic carbocycles. The Bertz CT molecular complexity index is 732. The zero-order valence-corrected chi connectivity index (χ0v) is 13.1. The van der Waals surface area contributed by atoms with E-state index in [1.165, 1.54) is 12.1 Å². The number of esters is 1. The molecule has 0 bridgehead atoms. The molecule has 0 unspecified atom stereocenters. The lowest BCUT2D eigenvalue weighted by Gasteiger charge is -2.15. The molecule has 2 N–H and O–H groups in total. The molecule has 0 saturated carbocycles. The fraction of sp³-hybridized carbons (Fsp3) is 0.188. The van der Waals surface area contributed by atoms with Crippen molar-refractivity contribution in [2.45, 2.75) is 17.5 Å². The third-order valence-corrected chi connectivity index (χ3v) is 4.53. The molecule has 0 amide bonds. The van der Waals surface area contributed by atoms with Crippen LogP contribution in [0.3, 0.4) is 0 Å². The molecule has 0 saturated heterocycles. The van der Waals surface area contributed by atoms with Crippen LogP contribution in [-0.4, -0.2) is 32.1 Å². The molecule has 122 valence electrons. The van der Waals surface area contributed by atoms with E-state index in [4.69, 9.17) is 4.74 Å². The summed E-state index contributed by atoms with van der Waals surface area (Å²) in [6.45, 7) is -0.692. The summed E-state index contributed by atoms with van der Waals surface area (Å²) in [4.78, 5) is 12.0. The van der Waals surface area contributed by atoms with E-state index in [2.05, 4.69) is 4.72 Å². The number of ether oxygens (including phenoxy) is 1. The molecule has 2 rings (SSSR count). The smallest absolute Gasteiger partial charge is 0.326 e. The van der Waals surface area contributed by atoms with Gasteiger partial charge in [0.2, 0.25) is 10.0 Å². The minimum atomic E-state index is -3.91. The summed E-state index contributed by atoms with van der Waals surface area (Å²) in [6.07, 6.45) is 0. The Balaban J connectivity index is 2.00. The molecule has 7 heteroatoms. The van der Waals surface area contributed by atoms with E-state index >= 15 is 0 Å². The number of rotatable bonds is 7. The van der Waals surface area contributed by atoms with E-state index in [0.717, 1.165) is 5.56 Å². The van der Waals surface area contributed by atoms with E-state index in [1.54, 1.807) is 42.5 Å². The first-order valence-corrected chi connectivity index (χ1v) is 8.40. The number of nitrogens with one attached hydrogen (secondary N) is 1. The summed E-state index contributed by atoms with van der Waals surface area (Å²) < 4.78 is 31.5. The standard InChI is InChI=1S/C16H17NO5S/c18-11-15(16(19)22-12-13-7-3-1-4-8-13)17-23(20,21)14-9-5-2-6-10-14/h1-10,15,17-18H,11-12H2/t15-/m0/s1. The van der Waals surface area contributed by atoms with Crippen molar-refractivity contribution >= 4 is 16.0 Å². The van der Waals surface area contributed by atoms with Crippen LogP contribution in [0.2, 0.25) is 0 Å². The number of sulfonamides is 1. The van der Waals surface area contributed by atoms with Crippen molar-refractivity contribution < 1.29 is 23.1 Å². The quantitative estimate of drug-likeness (QED) is 0.738. The third-order valence-electron chi connectivity index (χ3n) is 3.04. The van der Waals surface area contributed by atoms with Crippen LogP contribution in [0.15, 0.2) is 65.6 Å². The number of carbonyl (C=O) groups is 1. The summed E-state index contributed by atoms with van der Waals surface area (Å²) in [7, 11) is -3.91. The Hall–Kier alpha value is -2.22. The number of aliphatic hydroxyl groups excluding tert-OH is 1. The van der Waals surface area contributed by atoms with E-state index in [-0.39, 0.29) is 11.5 Å². The van der Waals surface area contributed by atoms with Crippen molar-refractivity contribution in [3.05, 3.63) is 66.2 Å². The lowest BCUT2D eigenvalue weighted by Crippen LogP contribution is -2.44. The summed E-state index contributed by atoms with van der Waals surface area (Å²) in [5.41, 5.74) is 0.767. The van der Waals surface area contributed by atoms with E-state index in [9.17, 15) is 18.3 Å². The normalized spacial score (nSPS) is 12.6. The average molecular weight is 335 g/mol. The molecule has 6 nitrogen and oxygen atoms in total. The number of hydrogen-bond acceptors (Lipinski definition) is 5. The summed E-state index contributed by atoms with van der Waals surface area (Å²) >= 11 is 0. The second-order valence-electron chi connectivity index (χ2n) is 4.76. The summed E-state index contributed by atoms with van der Waals surface area (Å²) in [5.74, 6) is -0.837. The van der Waals surface area contributed by atoms with Gasteiger partial charge in [-0.05, 0) is 17.7 Å².